The topological polar surface area (TPSA) is 29.3 Å². The fourth-order valence-electron chi connectivity index (χ4n) is 3.25. The maximum atomic E-state index is 14.1. The zero-order valence-corrected chi connectivity index (χ0v) is 12.9. The predicted molar refractivity (Wildman–Crippen MR) is 82.0 cm³/mol. The number of hydrogen-bond acceptors (Lipinski definition) is 2. The summed E-state index contributed by atoms with van der Waals surface area (Å²) in [6.45, 7) is 8.62. The van der Waals surface area contributed by atoms with E-state index in [-0.39, 0.29) is 17.9 Å². The Morgan fingerprint density at radius 2 is 1.90 bits per heavy atom. The maximum Gasteiger partial charge on any atom is 0.128 e. The summed E-state index contributed by atoms with van der Waals surface area (Å²) in [5.74, 6) is -0.140. The molecule has 1 heterocycles. The van der Waals surface area contributed by atoms with Crippen molar-refractivity contribution >= 4 is 0 Å². The molecule has 0 aromatic heterocycles. The number of nitrogens with two attached hydrogens (primary N) is 1. The van der Waals surface area contributed by atoms with Crippen LogP contribution in [-0.4, -0.2) is 24.0 Å². The van der Waals surface area contributed by atoms with Crippen LogP contribution in [0.25, 0.3) is 0 Å². The largest absolute Gasteiger partial charge is 0.326 e. The Hall–Kier alpha value is -0.930. The highest BCUT2D eigenvalue weighted by Gasteiger charge is 2.30. The van der Waals surface area contributed by atoms with Crippen LogP contribution in [0.15, 0.2) is 24.3 Å². The molecule has 0 radical (unpaired) electrons. The van der Waals surface area contributed by atoms with E-state index in [0.717, 1.165) is 31.5 Å². The van der Waals surface area contributed by atoms with Crippen LogP contribution in [0.1, 0.15) is 51.6 Å². The molecule has 0 spiro atoms. The number of rotatable bonds is 3. The molecule has 20 heavy (non-hydrogen) atoms. The molecule has 3 heteroatoms. The Labute approximate surface area is 122 Å². The molecule has 1 aliphatic rings. The van der Waals surface area contributed by atoms with Gasteiger partial charge in [0.05, 0.1) is 6.04 Å². The van der Waals surface area contributed by atoms with Gasteiger partial charge in [0.25, 0.3) is 0 Å². The average molecular weight is 278 g/mol. The van der Waals surface area contributed by atoms with Gasteiger partial charge in [0.2, 0.25) is 0 Å². The molecular weight excluding hydrogens is 251 g/mol. The Bertz CT molecular complexity index is 442. The van der Waals surface area contributed by atoms with Gasteiger partial charge in [0, 0.05) is 11.6 Å². The third-order valence-electron chi connectivity index (χ3n) is 4.49. The van der Waals surface area contributed by atoms with Crippen molar-refractivity contribution in [2.75, 3.05) is 13.1 Å². The normalized spacial score (nSPS) is 23.1. The molecule has 1 aromatic carbocycles. The van der Waals surface area contributed by atoms with Gasteiger partial charge in [-0.05, 0) is 50.8 Å². The molecule has 2 unspecified atom stereocenters. The van der Waals surface area contributed by atoms with Crippen LogP contribution in [0, 0.1) is 11.2 Å². The van der Waals surface area contributed by atoms with Gasteiger partial charge >= 0.3 is 0 Å². The third kappa shape index (κ3) is 3.58. The minimum Gasteiger partial charge on any atom is -0.326 e. The van der Waals surface area contributed by atoms with E-state index in [2.05, 4.69) is 18.7 Å². The van der Waals surface area contributed by atoms with Crippen LogP contribution in [0.5, 0.6) is 0 Å². The Kier molecular flexibility index (Phi) is 4.82. The van der Waals surface area contributed by atoms with Gasteiger partial charge in [0.15, 0.2) is 0 Å². The lowest BCUT2D eigenvalue weighted by Crippen LogP contribution is -2.40. The van der Waals surface area contributed by atoms with Crippen LogP contribution in [0.4, 0.5) is 4.39 Å². The predicted octanol–water partition coefficient (Wildman–Crippen LogP) is 3.73. The zero-order valence-electron chi connectivity index (χ0n) is 12.9. The van der Waals surface area contributed by atoms with Crippen LogP contribution in [0.3, 0.4) is 0 Å². The van der Waals surface area contributed by atoms with E-state index < -0.39 is 0 Å². The smallest absolute Gasteiger partial charge is 0.128 e. The number of hydrogen-bond donors (Lipinski definition) is 1. The van der Waals surface area contributed by atoms with Gasteiger partial charge in [-0.25, -0.2) is 4.39 Å². The van der Waals surface area contributed by atoms with Crippen molar-refractivity contribution in [1.29, 1.82) is 0 Å². The summed E-state index contributed by atoms with van der Waals surface area (Å²) < 4.78 is 14.1. The minimum absolute atomic E-state index is 0.0231. The second-order valence-corrected chi connectivity index (χ2v) is 6.88. The molecule has 2 rings (SSSR count). The summed E-state index contributed by atoms with van der Waals surface area (Å²) >= 11 is 0. The van der Waals surface area contributed by atoms with E-state index in [1.807, 2.05) is 19.1 Å². The van der Waals surface area contributed by atoms with E-state index in [9.17, 15) is 4.39 Å². The first-order chi connectivity index (χ1) is 9.41. The molecule has 0 saturated carbocycles. The van der Waals surface area contributed by atoms with Crippen LogP contribution in [-0.2, 0) is 0 Å². The van der Waals surface area contributed by atoms with Gasteiger partial charge in [-0.1, -0.05) is 32.0 Å². The number of halogens is 1. The first-order valence-corrected chi connectivity index (χ1v) is 7.65. The minimum atomic E-state index is -0.140. The summed E-state index contributed by atoms with van der Waals surface area (Å²) in [4.78, 5) is 2.37. The van der Waals surface area contributed by atoms with Gasteiger partial charge < -0.3 is 5.73 Å². The van der Waals surface area contributed by atoms with Crippen molar-refractivity contribution in [3.63, 3.8) is 0 Å². The molecular formula is C17H27FN2. The van der Waals surface area contributed by atoms with E-state index in [1.54, 1.807) is 6.07 Å². The highest BCUT2D eigenvalue weighted by atomic mass is 19.1. The lowest BCUT2D eigenvalue weighted by atomic mass is 9.85. The van der Waals surface area contributed by atoms with Crippen LogP contribution < -0.4 is 5.73 Å². The fourth-order valence-corrected chi connectivity index (χ4v) is 3.25. The van der Waals surface area contributed by atoms with Crippen molar-refractivity contribution in [1.82, 2.24) is 4.90 Å². The number of likely N-dealkylation sites (tertiary alicyclic amines) is 1. The van der Waals surface area contributed by atoms with Crippen molar-refractivity contribution in [3.05, 3.63) is 35.6 Å². The van der Waals surface area contributed by atoms with Crippen molar-refractivity contribution < 1.29 is 4.39 Å². The maximum absolute atomic E-state index is 14.1. The van der Waals surface area contributed by atoms with Crippen LogP contribution in [0.2, 0.25) is 0 Å². The molecule has 0 bridgehead atoms. The van der Waals surface area contributed by atoms with Gasteiger partial charge in [-0.15, -0.1) is 0 Å². The molecule has 0 aliphatic carbocycles. The first-order valence-electron chi connectivity index (χ1n) is 7.65. The van der Waals surface area contributed by atoms with Crippen molar-refractivity contribution in [2.24, 2.45) is 11.1 Å². The second kappa shape index (κ2) is 6.23. The molecule has 2 atom stereocenters. The van der Waals surface area contributed by atoms with E-state index in [0.29, 0.717) is 5.41 Å². The Balaban J connectivity index is 2.23. The SMILES string of the molecule is CC(N)C(c1ccccc1F)N1CCCC(C)(C)CC1. The average Bonchev–Trinajstić information content (AvgIpc) is 2.53. The lowest BCUT2D eigenvalue weighted by molar-refractivity contribution is 0.172. The quantitative estimate of drug-likeness (QED) is 0.913. The highest BCUT2D eigenvalue weighted by Crippen LogP contribution is 2.34. The zero-order chi connectivity index (χ0) is 14.8. The van der Waals surface area contributed by atoms with Crippen molar-refractivity contribution in [2.45, 2.75) is 52.1 Å². The standard InChI is InChI=1S/C17H27FN2/c1-13(19)16(14-7-4-5-8-15(14)18)20-11-6-9-17(2,3)10-12-20/h4-5,7-8,13,16H,6,9-12,19H2,1-3H3. The molecule has 1 aliphatic heterocycles. The fraction of sp³-hybridized carbons (Fsp3) is 0.647. The third-order valence-corrected chi connectivity index (χ3v) is 4.49. The van der Waals surface area contributed by atoms with Gasteiger partial charge in [-0.3, -0.25) is 4.90 Å². The molecule has 1 aromatic rings. The van der Waals surface area contributed by atoms with E-state index >= 15 is 0 Å². The molecule has 2 N–H and O–H groups in total. The molecule has 112 valence electrons. The molecule has 2 nitrogen and oxygen atoms in total. The van der Waals surface area contributed by atoms with Crippen LogP contribution >= 0.6 is 0 Å². The first kappa shape index (κ1) is 15.5. The number of nitrogens with zero attached hydrogens (tertiary/aromatic N) is 1. The molecule has 0 amide bonds. The highest BCUT2D eigenvalue weighted by molar-refractivity contribution is 5.22. The van der Waals surface area contributed by atoms with E-state index in [4.69, 9.17) is 5.73 Å². The van der Waals surface area contributed by atoms with Gasteiger partial charge in [-0.2, -0.15) is 0 Å². The summed E-state index contributed by atoms with van der Waals surface area (Å²) in [7, 11) is 0. The summed E-state index contributed by atoms with van der Waals surface area (Å²) in [5, 5.41) is 0. The molecule has 1 fully saturated rings. The van der Waals surface area contributed by atoms with E-state index in [1.165, 1.54) is 12.5 Å². The summed E-state index contributed by atoms with van der Waals surface area (Å²) in [6, 6.07) is 6.95. The number of benzene rings is 1. The van der Waals surface area contributed by atoms with Gasteiger partial charge in [0.1, 0.15) is 5.82 Å². The Morgan fingerprint density at radius 3 is 2.55 bits per heavy atom. The molecule has 1 saturated heterocycles. The summed E-state index contributed by atoms with van der Waals surface area (Å²) in [5.41, 5.74) is 7.30. The lowest BCUT2D eigenvalue weighted by Gasteiger charge is -2.34. The van der Waals surface area contributed by atoms with Crippen molar-refractivity contribution in [3.8, 4) is 0 Å². The summed E-state index contributed by atoms with van der Waals surface area (Å²) in [6.07, 6.45) is 3.53. The Morgan fingerprint density at radius 1 is 1.20 bits per heavy atom. The monoisotopic (exact) mass is 278 g/mol. The second-order valence-electron chi connectivity index (χ2n) is 6.88.